The van der Waals surface area contributed by atoms with Crippen molar-refractivity contribution < 1.29 is 19.5 Å². The number of nitrogens with one attached hydrogen (secondary N) is 2. The molecular weight excluding hydrogens is 248 g/mol. The minimum atomic E-state index is -0.914. The number of amides is 2. The van der Waals surface area contributed by atoms with Crippen molar-refractivity contribution in [3.8, 4) is 0 Å². The summed E-state index contributed by atoms with van der Waals surface area (Å²) in [4.78, 5) is 34.4. The van der Waals surface area contributed by atoms with Gasteiger partial charge in [-0.05, 0) is 18.3 Å². The highest BCUT2D eigenvalue weighted by molar-refractivity contribution is 5.87. The molecule has 1 fully saturated rings. The summed E-state index contributed by atoms with van der Waals surface area (Å²) < 4.78 is 0. The van der Waals surface area contributed by atoms with Gasteiger partial charge in [0.15, 0.2) is 0 Å². The molecular formula is C13H18N2O4. The predicted molar refractivity (Wildman–Crippen MR) is 67.0 cm³/mol. The van der Waals surface area contributed by atoms with Crippen molar-refractivity contribution in [3.63, 3.8) is 0 Å². The van der Waals surface area contributed by atoms with E-state index in [1.807, 2.05) is 12.2 Å². The summed E-state index contributed by atoms with van der Waals surface area (Å²) in [5.74, 6) is -2.46. The van der Waals surface area contributed by atoms with Gasteiger partial charge in [0.05, 0.1) is 11.8 Å². The summed E-state index contributed by atoms with van der Waals surface area (Å²) in [5, 5.41) is 14.4. The van der Waals surface area contributed by atoms with Gasteiger partial charge in [-0.2, -0.15) is 0 Å². The van der Waals surface area contributed by atoms with Gasteiger partial charge in [-0.3, -0.25) is 14.4 Å². The summed E-state index contributed by atoms with van der Waals surface area (Å²) in [5.41, 5.74) is 0. The Bertz CT molecular complexity index is 432. The minimum absolute atomic E-state index is 0.0195. The van der Waals surface area contributed by atoms with Crippen molar-refractivity contribution in [2.45, 2.75) is 12.8 Å². The highest BCUT2D eigenvalue weighted by Gasteiger charge is 2.51. The molecule has 104 valence electrons. The van der Waals surface area contributed by atoms with Gasteiger partial charge in [-0.25, -0.2) is 0 Å². The van der Waals surface area contributed by atoms with E-state index in [0.717, 1.165) is 6.42 Å². The molecule has 4 atom stereocenters. The van der Waals surface area contributed by atoms with E-state index >= 15 is 0 Å². The third kappa shape index (κ3) is 2.62. The van der Waals surface area contributed by atoms with Gasteiger partial charge in [-0.1, -0.05) is 12.2 Å². The third-order valence-electron chi connectivity index (χ3n) is 3.98. The van der Waals surface area contributed by atoms with Crippen molar-refractivity contribution in [1.29, 1.82) is 0 Å². The first-order valence-electron chi connectivity index (χ1n) is 6.44. The number of carboxylic acids is 1. The summed E-state index contributed by atoms with van der Waals surface area (Å²) in [6, 6.07) is 0. The largest absolute Gasteiger partial charge is 0.481 e. The molecule has 2 amide bonds. The number of hydrogen-bond donors (Lipinski definition) is 3. The second-order valence-electron chi connectivity index (χ2n) is 5.05. The van der Waals surface area contributed by atoms with E-state index in [0.29, 0.717) is 0 Å². The topological polar surface area (TPSA) is 95.5 Å². The first-order chi connectivity index (χ1) is 9.04. The molecule has 2 bridgehead atoms. The molecule has 6 nitrogen and oxygen atoms in total. The Labute approximate surface area is 111 Å². The number of rotatable bonds is 5. The lowest BCUT2D eigenvalue weighted by Crippen LogP contribution is -2.41. The van der Waals surface area contributed by atoms with E-state index in [-0.39, 0.29) is 36.6 Å². The highest BCUT2D eigenvalue weighted by atomic mass is 16.4. The van der Waals surface area contributed by atoms with Crippen LogP contribution in [0.3, 0.4) is 0 Å². The smallest absolute Gasteiger partial charge is 0.307 e. The molecule has 2 aliphatic carbocycles. The molecule has 0 saturated heterocycles. The van der Waals surface area contributed by atoms with Gasteiger partial charge in [-0.15, -0.1) is 0 Å². The summed E-state index contributed by atoms with van der Waals surface area (Å²) in [6.07, 6.45) is 4.78. The van der Waals surface area contributed by atoms with Crippen LogP contribution in [-0.4, -0.2) is 36.5 Å². The molecule has 0 aromatic carbocycles. The van der Waals surface area contributed by atoms with Gasteiger partial charge in [0.1, 0.15) is 0 Å². The van der Waals surface area contributed by atoms with Crippen LogP contribution in [0.4, 0.5) is 0 Å². The van der Waals surface area contributed by atoms with Crippen LogP contribution in [0.25, 0.3) is 0 Å². The molecule has 0 aromatic heterocycles. The summed E-state index contributed by atoms with van der Waals surface area (Å²) in [7, 11) is 1.53. The van der Waals surface area contributed by atoms with Gasteiger partial charge < -0.3 is 15.7 Å². The fourth-order valence-electron chi connectivity index (χ4n) is 3.06. The van der Waals surface area contributed by atoms with Crippen molar-refractivity contribution in [2.24, 2.45) is 23.7 Å². The Hall–Kier alpha value is -1.85. The monoisotopic (exact) mass is 266 g/mol. The van der Waals surface area contributed by atoms with Gasteiger partial charge in [0.25, 0.3) is 0 Å². The lowest BCUT2D eigenvalue weighted by atomic mass is 9.82. The molecule has 0 aromatic rings. The zero-order chi connectivity index (χ0) is 14.0. The Morgan fingerprint density at radius 3 is 2.42 bits per heavy atom. The molecule has 2 aliphatic rings. The minimum Gasteiger partial charge on any atom is -0.481 e. The van der Waals surface area contributed by atoms with E-state index in [1.165, 1.54) is 7.05 Å². The number of fused-ring (bicyclic) bond motifs is 2. The van der Waals surface area contributed by atoms with E-state index in [4.69, 9.17) is 0 Å². The van der Waals surface area contributed by atoms with Crippen LogP contribution in [0.2, 0.25) is 0 Å². The second kappa shape index (κ2) is 5.42. The standard InChI is InChI=1S/C13H18N2O4/c1-14-9(16)4-5-15-12(17)10-7-2-3-8(6-7)11(10)13(18)19/h2-3,7-8,10-11H,4-6H2,1H3,(H,14,16)(H,15,17)(H,18,19). The van der Waals surface area contributed by atoms with E-state index in [2.05, 4.69) is 10.6 Å². The predicted octanol–water partition coefficient (Wildman–Crippen LogP) is -0.238. The average Bonchev–Trinajstić information content (AvgIpc) is 2.98. The Kier molecular flexibility index (Phi) is 3.87. The van der Waals surface area contributed by atoms with Crippen molar-refractivity contribution in [1.82, 2.24) is 10.6 Å². The Morgan fingerprint density at radius 1 is 1.21 bits per heavy atom. The molecule has 3 N–H and O–H groups in total. The quantitative estimate of drug-likeness (QED) is 0.598. The zero-order valence-electron chi connectivity index (χ0n) is 10.8. The van der Waals surface area contributed by atoms with Crippen molar-refractivity contribution >= 4 is 17.8 Å². The van der Waals surface area contributed by atoms with Gasteiger partial charge in [0.2, 0.25) is 11.8 Å². The molecule has 4 unspecified atom stereocenters. The summed E-state index contributed by atoms with van der Waals surface area (Å²) in [6.45, 7) is 0.239. The van der Waals surface area contributed by atoms with Crippen molar-refractivity contribution in [2.75, 3.05) is 13.6 Å². The maximum absolute atomic E-state index is 12.1. The first-order valence-corrected chi connectivity index (χ1v) is 6.44. The number of carbonyl (C=O) groups excluding carboxylic acids is 2. The fraction of sp³-hybridized carbons (Fsp3) is 0.615. The van der Waals surface area contributed by atoms with E-state index in [9.17, 15) is 19.5 Å². The van der Waals surface area contributed by atoms with E-state index in [1.54, 1.807) is 0 Å². The molecule has 0 spiro atoms. The van der Waals surface area contributed by atoms with Crippen molar-refractivity contribution in [3.05, 3.63) is 12.2 Å². The van der Waals surface area contributed by atoms with Crippen LogP contribution >= 0.6 is 0 Å². The second-order valence-corrected chi connectivity index (χ2v) is 5.05. The van der Waals surface area contributed by atoms with Gasteiger partial charge in [0, 0.05) is 20.0 Å². The molecule has 2 rings (SSSR count). The van der Waals surface area contributed by atoms with Crippen LogP contribution in [0.1, 0.15) is 12.8 Å². The normalized spacial score (nSPS) is 31.2. The maximum Gasteiger partial charge on any atom is 0.307 e. The molecule has 6 heteroatoms. The molecule has 0 heterocycles. The van der Waals surface area contributed by atoms with Gasteiger partial charge >= 0.3 is 5.97 Å². The van der Waals surface area contributed by atoms with Crippen LogP contribution in [-0.2, 0) is 14.4 Å². The Balaban J connectivity index is 1.93. The number of carbonyl (C=O) groups is 3. The average molecular weight is 266 g/mol. The summed E-state index contributed by atoms with van der Waals surface area (Å²) >= 11 is 0. The zero-order valence-corrected chi connectivity index (χ0v) is 10.8. The highest BCUT2D eigenvalue weighted by Crippen LogP contribution is 2.48. The number of allylic oxidation sites excluding steroid dienone is 2. The van der Waals surface area contributed by atoms with Crippen LogP contribution < -0.4 is 10.6 Å². The van der Waals surface area contributed by atoms with Crippen LogP contribution in [0, 0.1) is 23.7 Å². The van der Waals surface area contributed by atoms with Crippen LogP contribution in [0.15, 0.2) is 12.2 Å². The molecule has 0 aliphatic heterocycles. The first kappa shape index (κ1) is 13.6. The van der Waals surface area contributed by atoms with Crippen LogP contribution in [0.5, 0.6) is 0 Å². The molecule has 19 heavy (non-hydrogen) atoms. The fourth-order valence-corrected chi connectivity index (χ4v) is 3.06. The lowest BCUT2D eigenvalue weighted by molar-refractivity contribution is -0.147. The maximum atomic E-state index is 12.1. The number of hydrogen-bond acceptors (Lipinski definition) is 3. The molecule has 1 saturated carbocycles. The Morgan fingerprint density at radius 2 is 1.84 bits per heavy atom. The SMILES string of the molecule is CNC(=O)CCNC(=O)C1C2C=CC(C2)C1C(=O)O. The lowest BCUT2D eigenvalue weighted by Gasteiger charge is -2.23. The third-order valence-corrected chi connectivity index (χ3v) is 3.98. The number of aliphatic carboxylic acids is 1. The van der Waals surface area contributed by atoms with E-state index < -0.39 is 17.8 Å². The molecule has 0 radical (unpaired) electrons. The number of carboxylic acid groups (broad SMARTS) is 1.